The number of pyridine rings is 2. The highest BCUT2D eigenvalue weighted by Crippen LogP contribution is 2.32. The van der Waals surface area contributed by atoms with Crippen molar-refractivity contribution in [3.63, 3.8) is 0 Å². The first-order valence-electron chi connectivity index (χ1n) is 11.7. The van der Waals surface area contributed by atoms with E-state index < -0.39 is 24.2 Å². The molecule has 4 aromatic rings. The minimum atomic E-state index is -1.03. The van der Waals surface area contributed by atoms with E-state index in [1.54, 1.807) is 0 Å². The number of para-hydroxylation sites is 1. The van der Waals surface area contributed by atoms with Crippen LogP contribution >= 0.6 is 0 Å². The van der Waals surface area contributed by atoms with Gasteiger partial charge in [0.05, 0.1) is 35.1 Å². The molecule has 180 valence electrons. The van der Waals surface area contributed by atoms with Crippen molar-refractivity contribution in [1.82, 2.24) is 15.0 Å². The summed E-state index contributed by atoms with van der Waals surface area (Å²) in [5.41, 5.74) is 4.92. The summed E-state index contributed by atoms with van der Waals surface area (Å²) < 4.78 is 0. The summed E-state index contributed by atoms with van der Waals surface area (Å²) in [7, 11) is 0. The second-order valence-electron chi connectivity index (χ2n) is 9.07. The Kier molecular flexibility index (Phi) is 6.29. The SMILES string of the molecule is Cc1cc(Nc2nc(N[C@@H]3C[C@H](CO)[C@@H](O)[C@H]3O)c(-c3ccc4ccccc4n3)c[nH+]2)cc(C)n1. The lowest BCUT2D eigenvalue weighted by atomic mass is 10.1. The zero-order valence-corrected chi connectivity index (χ0v) is 19.6. The maximum absolute atomic E-state index is 10.6. The molecule has 0 bridgehead atoms. The van der Waals surface area contributed by atoms with E-state index in [4.69, 9.17) is 9.97 Å². The predicted molar refractivity (Wildman–Crippen MR) is 133 cm³/mol. The van der Waals surface area contributed by atoms with Crippen LogP contribution in [0.2, 0.25) is 0 Å². The van der Waals surface area contributed by atoms with Crippen LogP contribution in [-0.2, 0) is 0 Å². The fourth-order valence-corrected chi connectivity index (χ4v) is 4.67. The van der Waals surface area contributed by atoms with Gasteiger partial charge in [0.25, 0.3) is 0 Å². The first-order valence-corrected chi connectivity index (χ1v) is 11.7. The number of hydrogen-bond donors (Lipinski definition) is 5. The summed E-state index contributed by atoms with van der Waals surface area (Å²) in [6, 6.07) is 15.2. The number of rotatable bonds is 6. The molecule has 0 spiro atoms. The van der Waals surface area contributed by atoms with E-state index in [1.807, 2.05) is 68.6 Å². The third-order valence-electron chi connectivity index (χ3n) is 6.41. The molecule has 1 aromatic carbocycles. The zero-order valence-electron chi connectivity index (χ0n) is 19.6. The first-order chi connectivity index (χ1) is 16.9. The minimum absolute atomic E-state index is 0.195. The Morgan fingerprint density at radius 1 is 0.971 bits per heavy atom. The van der Waals surface area contributed by atoms with E-state index in [0.717, 1.165) is 33.5 Å². The molecule has 0 aliphatic heterocycles. The van der Waals surface area contributed by atoms with Gasteiger partial charge in [-0.3, -0.25) is 4.98 Å². The largest absolute Gasteiger partial charge is 0.396 e. The number of fused-ring (bicyclic) bond motifs is 1. The molecule has 9 nitrogen and oxygen atoms in total. The molecule has 0 amide bonds. The predicted octanol–water partition coefficient (Wildman–Crippen LogP) is 2.38. The molecular formula is C26H29N6O3+. The number of hydrogen-bond acceptors (Lipinski definition) is 8. The van der Waals surface area contributed by atoms with E-state index in [9.17, 15) is 15.3 Å². The number of anilines is 3. The number of aliphatic hydroxyl groups excluding tert-OH is 3. The normalized spacial score (nSPS) is 21.9. The van der Waals surface area contributed by atoms with Crippen LogP contribution in [0.1, 0.15) is 17.8 Å². The van der Waals surface area contributed by atoms with Crippen molar-refractivity contribution >= 4 is 28.4 Å². The highest BCUT2D eigenvalue weighted by molar-refractivity contribution is 5.83. The summed E-state index contributed by atoms with van der Waals surface area (Å²) in [6.45, 7) is 3.67. The quantitative estimate of drug-likeness (QED) is 0.288. The molecule has 1 aliphatic rings. The summed E-state index contributed by atoms with van der Waals surface area (Å²) in [5.74, 6) is 0.598. The van der Waals surface area contributed by atoms with Crippen molar-refractivity contribution in [1.29, 1.82) is 0 Å². The first kappa shape index (κ1) is 23.1. The van der Waals surface area contributed by atoms with Gasteiger partial charge in [-0.15, -0.1) is 0 Å². The number of aromatic nitrogens is 4. The lowest BCUT2D eigenvalue weighted by Gasteiger charge is -2.18. The number of aliphatic hydroxyl groups is 3. The molecule has 9 heteroatoms. The third-order valence-corrected chi connectivity index (χ3v) is 6.41. The van der Waals surface area contributed by atoms with Crippen molar-refractivity contribution in [3.05, 3.63) is 66.1 Å². The van der Waals surface area contributed by atoms with Crippen LogP contribution in [0, 0.1) is 19.8 Å². The van der Waals surface area contributed by atoms with Gasteiger partial charge in [0, 0.05) is 29.3 Å². The average Bonchev–Trinajstić information content (AvgIpc) is 3.11. The second-order valence-corrected chi connectivity index (χ2v) is 9.07. The monoisotopic (exact) mass is 473 g/mol. The van der Waals surface area contributed by atoms with Gasteiger partial charge in [-0.05, 0) is 44.5 Å². The average molecular weight is 474 g/mol. The van der Waals surface area contributed by atoms with Gasteiger partial charge in [-0.1, -0.05) is 29.2 Å². The molecule has 5 rings (SSSR count). The number of benzene rings is 1. The zero-order chi connectivity index (χ0) is 24.5. The van der Waals surface area contributed by atoms with Crippen LogP contribution < -0.4 is 15.6 Å². The number of aryl methyl sites for hydroxylation is 2. The van der Waals surface area contributed by atoms with Crippen LogP contribution in [0.5, 0.6) is 0 Å². The highest BCUT2D eigenvalue weighted by Gasteiger charge is 2.42. The molecular weight excluding hydrogens is 444 g/mol. The number of H-pyrrole nitrogens is 1. The van der Waals surface area contributed by atoms with Crippen molar-refractivity contribution < 1.29 is 20.3 Å². The van der Waals surface area contributed by atoms with Gasteiger partial charge in [0.2, 0.25) is 5.82 Å². The molecule has 1 fully saturated rings. The third kappa shape index (κ3) is 4.79. The van der Waals surface area contributed by atoms with Gasteiger partial charge >= 0.3 is 5.95 Å². The van der Waals surface area contributed by atoms with Gasteiger partial charge in [0.15, 0.2) is 0 Å². The highest BCUT2D eigenvalue weighted by atomic mass is 16.3. The molecule has 1 saturated carbocycles. The molecule has 1 aliphatic carbocycles. The van der Waals surface area contributed by atoms with Crippen LogP contribution in [0.25, 0.3) is 22.2 Å². The number of aromatic amines is 1. The van der Waals surface area contributed by atoms with Gasteiger partial charge < -0.3 is 20.6 Å². The summed E-state index contributed by atoms with van der Waals surface area (Å²) in [5, 5.41) is 38.1. The van der Waals surface area contributed by atoms with Crippen molar-refractivity contribution in [2.24, 2.45) is 5.92 Å². The molecule has 4 atom stereocenters. The van der Waals surface area contributed by atoms with Crippen LogP contribution in [0.15, 0.2) is 54.7 Å². The van der Waals surface area contributed by atoms with Crippen molar-refractivity contribution in [3.8, 4) is 11.3 Å². The van der Waals surface area contributed by atoms with Gasteiger partial charge in [-0.25, -0.2) is 15.3 Å². The smallest absolute Gasteiger partial charge is 0.396 e. The maximum atomic E-state index is 10.6. The Morgan fingerprint density at radius 3 is 2.49 bits per heavy atom. The fraction of sp³-hybridized carbons (Fsp3) is 0.308. The second kappa shape index (κ2) is 9.53. The maximum Gasteiger partial charge on any atom is 0.396 e. The number of nitrogens with zero attached hydrogens (tertiary/aromatic N) is 3. The van der Waals surface area contributed by atoms with E-state index in [2.05, 4.69) is 20.6 Å². The summed E-state index contributed by atoms with van der Waals surface area (Å²) >= 11 is 0. The standard InChI is InChI=1S/C26H28N6O3/c1-14-9-18(10-15(2)28-14)29-26-27-12-19(21-8-7-16-5-3-4-6-20(16)30-21)25(32-26)31-22-11-17(13-33)23(34)24(22)35/h3-10,12,17,22-24,33-35H,11,13H2,1-2H3,(H2,27,28,29,31,32)/p+1/t17-,22-,23-,24+/m1/s1. The Labute approximate surface area is 203 Å². The van der Waals surface area contributed by atoms with Crippen molar-refractivity contribution in [2.75, 3.05) is 17.2 Å². The van der Waals surface area contributed by atoms with E-state index in [1.165, 1.54) is 0 Å². The molecule has 0 radical (unpaired) electrons. The van der Waals surface area contributed by atoms with E-state index in [0.29, 0.717) is 23.9 Å². The van der Waals surface area contributed by atoms with Crippen LogP contribution in [0.3, 0.4) is 0 Å². The molecule has 3 aromatic heterocycles. The summed E-state index contributed by atoms with van der Waals surface area (Å²) in [6.07, 6.45) is 0.194. The lowest BCUT2D eigenvalue weighted by molar-refractivity contribution is -0.363. The van der Waals surface area contributed by atoms with E-state index >= 15 is 0 Å². The van der Waals surface area contributed by atoms with Gasteiger partial charge in [0.1, 0.15) is 11.8 Å². The van der Waals surface area contributed by atoms with Crippen LogP contribution in [-0.4, -0.2) is 55.1 Å². The topological polar surface area (TPSA) is 138 Å². The fourth-order valence-electron chi connectivity index (χ4n) is 4.67. The Morgan fingerprint density at radius 2 is 1.74 bits per heavy atom. The van der Waals surface area contributed by atoms with E-state index in [-0.39, 0.29) is 6.61 Å². The van der Waals surface area contributed by atoms with Crippen molar-refractivity contribution in [2.45, 2.75) is 38.5 Å². The minimum Gasteiger partial charge on any atom is -0.396 e. The molecule has 0 saturated heterocycles. The van der Waals surface area contributed by atoms with Gasteiger partial charge in [-0.2, -0.15) is 0 Å². The molecule has 6 N–H and O–H groups in total. The Hall–Kier alpha value is -3.66. The molecule has 0 unspecified atom stereocenters. The summed E-state index contributed by atoms with van der Waals surface area (Å²) in [4.78, 5) is 17.2. The lowest BCUT2D eigenvalue weighted by Crippen LogP contribution is -2.36. The Balaban J connectivity index is 1.53. The molecule has 35 heavy (non-hydrogen) atoms. The Bertz CT molecular complexity index is 1340. The number of nitrogens with one attached hydrogen (secondary N) is 3. The molecule has 3 heterocycles. The van der Waals surface area contributed by atoms with Crippen LogP contribution in [0.4, 0.5) is 17.5 Å².